The van der Waals surface area contributed by atoms with Crippen LogP contribution in [0.3, 0.4) is 0 Å². The van der Waals surface area contributed by atoms with E-state index in [0.717, 1.165) is 16.8 Å². The van der Waals surface area contributed by atoms with Crippen molar-refractivity contribution >= 4 is 40.9 Å². The van der Waals surface area contributed by atoms with E-state index in [-0.39, 0.29) is 17.2 Å². The Bertz CT molecular complexity index is 1340. The van der Waals surface area contributed by atoms with E-state index in [2.05, 4.69) is 20.5 Å². The molecule has 0 aliphatic rings. The maximum atomic E-state index is 12.7. The molecule has 34 heavy (non-hydrogen) atoms. The van der Waals surface area contributed by atoms with Crippen LogP contribution in [-0.4, -0.2) is 44.5 Å². The molecular weight excluding hydrogens is 474 g/mol. The highest BCUT2D eigenvalue weighted by molar-refractivity contribution is 7.99. The number of carbonyl (C=O) groups excluding carboxylic acids is 2. The van der Waals surface area contributed by atoms with E-state index in [4.69, 9.17) is 16.3 Å². The third-order valence-electron chi connectivity index (χ3n) is 4.99. The summed E-state index contributed by atoms with van der Waals surface area (Å²) in [5, 5.41) is 12.6. The fourth-order valence-electron chi connectivity index (χ4n) is 3.30. The first-order valence-electron chi connectivity index (χ1n) is 10.2. The number of benzene rings is 2. The second-order valence-electron chi connectivity index (χ2n) is 7.14. The summed E-state index contributed by atoms with van der Waals surface area (Å²) < 4.78 is 6.66. The molecule has 4 rings (SSSR count). The number of halogens is 1. The molecular formula is C24H20ClN5O3S. The van der Waals surface area contributed by atoms with Gasteiger partial charge in [0.1, 0.15) is 0 Å². The zero-order chi connectivity index (χ0) is 24.1. The number of nitrogens with zero attached hydrogens (tertiary/aromatic N) is 4. The molecule has 4 aromatic rings. The van der Waals surface area contributed by atoms with Crippen molar-refractivity contribution in [1.82, 2.24) is 19.7 Å². The monoisotopic (exact) mass is 493 g/mol. The number of nitrogens with one attached hydrogen (secondary N) is 1. The van der Waals surface area contributed by atoms with E-state index in [0.29, 0.717) is 21.7 Å². The molecule has 0 aliphatic heterocycles. The number of anilines is 1. The standard InChI is InChI=1S/C24H20ClN5O3S/c1-15-18(25)7-5-9-20(15)30-22(16-10-12-26-13-11-16)28-29-24(30)34-14-21(31)27-19-8-4-3-6-17(19)23(32)33-2/h3-13H,14H2,1-2H3,(H,27,31). The van der Waals surface area contributed by atoms with Gasteiger partial charge in [-0.15, -0.1) is 10.2 Å². The van der Waals surface area contributed by atoms with Crippen molar-refractivity contribution in [2.24, 2.45) is 0 Å². The first-order chi connectivity index (χ1) is 16.5. The second kappa shape index (κ2) is 10.5. The van der Waals surface area contributed by atoms with Crippen LogP contribution in [-0.2, 0) is 9.53 Å². The third kappa shape index (κ3) is 4.95. The maximum absolute atomic E-state index is 12.7. The Morgan fingerprint density at radius 3 is 2.59 bits per heavy atom. The van der Waals surface area contributed by atoms with Gasteiger partial charge in [0.25, 0.3) is 0 Å². The van der Waals surface area contributed by atoms with Crippen molar-refractivity contribution in [2.45, 2.75) is 12.1 Å². The highest BCUT2D eigenvalue weighted by Gasteiger charge is 2.20. The molecule has 10 heteroatoms. The number of aromatic nitrogens is 4. The van der Waals surface area contributed by atoms with Gasteiger partial charge in [-0.2, -0.15) is 0 Å². The summed E-state index contributed by atoms with van der Waals surface area (Å²) in [5.74, 6) is -0.179. The summed E-state index contributed by atoms with van der Waals surface area (Å²) in [6, 6.07) is 15.9. The van der Waals surface area contributed by atoms with Gasteiger partial charge in [-0.3, -0.25) is 14.3 Å². The molecule has 0 saturated carbocycles. The molecule has 8 nitrogen and oxygen atoms in total. The number of hydrogen-bond donors (Lipinski definition) is 1. The Morgan fingerprint density at radius 1 is 1.06 bits per heavy atom. The lowest BCUT2D eigenvalue weighted by atomic mass is 10.2. The fraction of sp³-hybridized carbons (Fsp3) is 0.125. The first kappa shape index (κ1) is 23.5. The van der Waals surface area contributed by atoms with Gasteiger partial charge in [0.2, 0.25) is 5.91 Å². The molecule has 172 valence electrons. The number of thioether (sulfide) groups is 1. The molecule has 0 saturated heterocycles. The van der Waals surface area contributed by atoms with Crippen LogP contribution < -0.4 is 5.32 Å². The molecule has 2 heterocycles. The van der Waals surface area contributed by atoms with E-state index in [1.54, 1.807) is 36.7 Å². The van der Waals surface area contributed by atoms with E-state index < -0.39 is 5.97 Å². The van der Waals surface area contributed by atoms with Gasteiger partial charge in [0.15, 0.2) is 11.0 Å². The molecule has 0 fully saturated rings. The SMILES string of the molecule is COC(=O)c1ccccc1NC(=O)CSc1nnc(-c2ccncc2)n1-c1cccc(Cl)c1C. The highest BCUT2D eigenvalue weighted by Crippen LogP contribution is 2.31. The normalized spacial score (nSPS) is 10.7. The van der Waals surface area contributed by atoms with Crippen molar-refractivity contribution in [3.05, 3.63) is 83.1 Å². The van der Waals surface area contributed by atoms with Crippen molar-refractivity contribution in [3.63, 3.8) is 0 Å². The molecule has 2 aromatic heterocycles. The molecule has 0 aliphatic carbocycles. The van der Waals surface area contributed by atoms with Crippen LogP contribution in [0.15, 0.2) is 72.1 Å². The van der Waals surface area contributed by atoms with E-state index in [1.165, 1.54) is 18.9 Å². The first-order valence-corrected chi connectivity index (χ1v) is 11.6. The van der Waals surface area contributed by atoms with Crippen molar-refractivity contribution in [1.29, 1.82) is 0 Å². The van der Waals surface area contributed by atoms with Crippen LogP contribution in [0.4, 0.5) is 5.69 Å². The predicted octanol–water partition coefficient (Wildman–Crippen LogP) is 4.81. The molecule has 0 radical (unpaired) electrons. The van der Waals surface area contributed by atoms with Gasteiger partial charge in [-0.05, 0) is 48.9 Å². The van der Waals surface area contributed by atoms with Gasteiger partial charge < -0.3 is 10.1 Å². The minimum absolute atomic E-state index is 0.0452. The number of hydrogen-bond acceptors (Lipinski definition) is 7. The summed E-state index contributed by atoms with van der Waals surface area (Å²) in [6.07, 6.45) is 3.36. The number of methoxy groups -OCH3 is 1. The average molecular weight is 494 g/mol. The molecule has 1 N–H and O–H groups in total. The zero-order valence-electron chi connectivity index (χ0n) is 18.4. The van der Waals surface area contributed by atoms with Crippen molar-refractivity contribution < 1.29 is 14.3 Å². The van der Waals surface area contributed by atoms with E-state index >= 15 is 0 Å². The summed E-state index contributed by atoms with van der Waals surface area (Å²) in [6.45, 7) is 1.92. The van der Waals surface area contributed by atoms with Gasteiger partial charge >= 0.3 is 5.97 Å². The molecule has 0 unspecified atom stereocenters. The molecule has 1 amide bonds. The highest BCUT2D eigenvalue weighted by atomic mass is 35.5. The summed E-state index contributed by atoms with van der Waals surface area (Å²) in [5.41, 5.74) is 3.15. The van der Waals surface area contributed by atoms with Gasteiger partial charge in [-0.25, -0.2) is 4.79 Å². The van der Waals surface area contributed by atoms with Gasteiger partial charge in [0.05, 0.1) is 29.8 Å². The van der Waals surface area contributed by atoms with Crippen LogP contribution in [0.5, 0.6) is 0 Å². The van der Waals surface area contributed by atoms with E-state index in [9.17, 15) is 9.59 Å². The van der Waals surface area contributed by atoms with Crippen LogP contribution in [0.25, 0.3) is 17.1 Å². The molecule has 0 spiro atoms. The smallest absolute Gasteiger partial charge is 0.339 e. The number of esters is 1. The summed E-state index contributed by atoms with van der Waals surface area (Å²) >= 11 is 7.60. The van der Waals surface area contributed by atoms with Crippen LogP contribution in [0.1, 0.15) is 15.9 Å². The Hall–Kier alpha value is -3.69. The molecule has 2 aromatic carbocycles. The quantitative estimate of drug-likeness (QED) is 0.291. The molecule has 0 atom stereocenters. The number of ether oxygens (including phenoxy) is 1. The number of amides is 1. The second-order valence-corrected chi connectivity index (χ2v) is 8.49. The Kier molecular flexibility index (Phi) is 7.24. The van der Waals surface area contributed by atoms with Crippen LogP contribution in [0.2, 0.25) is 5.02 Å². The predicted molar refractivity (Wildman–Crippen MR) is 131 cm³/mol. The van der Waals surface area contributed by atoms with Gasteiger partial charge in [-0.1, -0.05) is 41.6 Å². The Morgan fingerprint density at radius 2 is 1.82 bits per heavy atom. The van der Waals surface area contributed by atoms with Crippen molar-refractivity contribution in [2.75, 3.05) is 18.2 Å². The molecule has 0 bridgehead atoms. The average Bonchev–Trinajstić information content (AvgIpc) is 3.28. The van der Waals surface area contributed by atoms with Crippen molar-refractivity contribution in [3.8, 4) is 17.1 Å². The minimum Gasteiger partial charge on any atom is -0.465 e. The lowest BCUT2D eigenvalue weighted by molar-refractivity contribution is -0.113. The third-order valence-corrected chi connectivity index (χ3v) is 6.33. The Labute approximate surface area is 205 Å². The van der Waals surface area contributed by atoms with Gasteiger partial charge in [0, 0.05) is 23.0 Å². The fourth-order valence-corrected chi connectivity index (χ4v) is 4.22. The minimum atomic E-state index is -0.526. The van der Waals surface area contributed by atoms with Crippen LogP contribution >= 0.6 is 23.4 Å². The van der Waals surface area contributed by atoms with E-state index in [1.807, 2.05) is 41.8 Å². The van der Waals surface area contributed by atoms with Crippen LogP contribution in [0, 0.1) is 6.92 Å². The maximum Gasteiger partial charge on any atom is 0.339 e. The summed E-state index contributed by atoms with van der Waals surface area (Å²) in [4.78, 5) is 28.8. The largest absolute Gasteiger partial charge is 0.465 e. The topological polar surface area (TPSA) is 99.0 Å². The lowest BCUT2D eigenvalue weighted by Gasteiger charge is -2.14. The lowest BCUT2D eigenvalue weighted by Crippen LogP contribution is -2.17. The number of rotatable bonds is 7. The Balaban J connectivity index is 1.62. The number of pyridine rings is 1. The summed E-state index contributed by atoms with van der Waals surface area (Å²) in [7, 11) is 1.29. The zero-order valence-corrected chi connectivity index (χ0v) is 19.9. The number of para-hydroxylation sites is 1. The number of carbonyl (C=O) groups is 2.